The third-order valence-corrected chi connectivity index (χ3v) is 2.71. The number of furan rings is 1. The SMILES string of the molecule is COC(=O)c1cc(/C=C/C(=O)Nc2ccn(C)n2)oc1C. The van der Waals surface area contributed by atoms with Gasteiger partial charge in [-0.05, 0) is 19.1 Å². The first-order valence-electron chi connectivity index (χ1n) is 6.17. The van der Waals surface area contributed by atoms with Gasteiger partial charge in [-0.3, -0.25) is 9.48 Å². The molecule has 110 valence electrons. The number of aryl methyl sites for hydroxylation is 2. The van der Waals surface area contributed by atoms with E-state index in [1.165, 1.54) is 25.3 Å². The number of hydrogen-bond donors (Lipinski definition) is 1. The van der Waals surface area contributed by atoms with E-state index in [1.54, 1.807) is 30.9 Å². The van der Waals surface area contributed by atoms with Crippen LogP contribution >= 0.6 is 0 Å². The number of carbonyl (C=O) groups is 2. The van der Waals surface area contributed by atoms with Gasteiger partial charge in [0.2, 0.25) is 5.91 Å². The highest BCUT2D eigenvalue weighted by Crippen LogP contribution is 2.16. The van der Waals surface area contributed by atoms with Crippen LogP contribution in [-0.4, -0.2) is 28.8 Å². The molecule has 1 amide bonds. The summed E-state index contributed by atoms with van der Waals surface area (Å²) in [5.74, 6) is 0.463. The number of carbonyl (C=O) groups excluding carboxylic acids is 2. The summed E-state index contributed by atoms with van der Waals surface area (Å²) in [5.41, 5.74) is 0.335. The quantitative estimate of drug-likeness (QED) is 0.684. The number of amides is 1. The predicted molar refractivity (Wildman–Crippen MR) is 75.7 cm³/mol. The number of nitrogens with one attached hydrogen (secondary N) is 1. The molecule has 0 aromatic carbocycles. The molecule has 0 atom stereocenters. The minimum Gasteiger partial charge on any atom is -0.465 e. The molecule has 0 aliphatic rings. The van der Waals surface area contributed by atoms with Crippen LogP contribution in [0, 0.1) is 6.92 Å². The molecular weight excluding hydrogens is 274 g/mol. The number of methoxy groups -OCH3 is 1. The summed E-state index contributed by atoms with van der Waals surface area (Å²) < 4.78 is 11.6. The van der Waals surface area contributed by atoms with Crippen molar-refractivity contribution in [2.45, 2.75) is 6.92 Å². The second kappa shape index (κ2) is 6.08. The number of ether oxygens (including phenoxy) is 1. The molecule has 0 aliphatic carbocycles. The van der Waals surface area contributed by atoms with Gasteiger partial charge < -0.3 is 14.5 Å². The van der Waals surface area contributed by atoms with Crippen LogP contribution < -0.4 is 5.32 Å². The zero-order chi connectivity index (χ0) is 15.4. The van der Waals surface area contributed by atoms with E-state index < -0.39 is 5.97 Å². The van der Waals surface area contributed by atoms with Crippen molar-refractivity contribution >= 4 is 23.8 Å². The minimum atomic E-state index is -0.478. The molecule has 2 aromatic rings. The Kier molecular flexibility index (Phi) is 4.22. The van der Waals surface area contributed by atoms with Gasteiger partial charge >= 0.3 is 5.97 Å². The van der Waals surface area contributed by atoms with Crippen molar-refractivity contribution in [3.63, 3.8) is 0 Å². The average molecular weight is 289 g/mol. The minimum absolute atomic E-state index is 0.335. The van der Waals surface area contributed by atoms with Gasteiger partial charge in [-0.15, -0.1) is 0 Å². The van der Waals surface area contributed by atoms with E-state index in [-0.39, 0.29) is 5.91 Å². The maximum absolute atomic E-state index is 11.7. The van der Waals surface area contributed by atoms with Gasteiger partial charge in [0, 0.05) is 25.4 Å². The van der Waals surface area contributed by atoms with E-state index in [9.17, 15) is 9.59 Å². The van der Waals surface area contributed by atoms with E-state index in [0.29, 0.717) is 22.9 Å². The highest BCUT2D eigenvalue weighted by molar-refractivity contribution is 6.01. The zero-order valence-corrected chi connectivity index (χ0v) is 11.9. The number of rotatable bonds is 4. The molecule has 7 heteroatoms. The first-order valence-corrected chi connectivity index (χ1v) is 6.17. The second-order valence-electron chi connectivity index (χ2n) is 4.31. The molecular formula is C14H15N3O4. The van der Waals surface area contributed by atoms with Gasteiger partial charge in [0.1, 0.15) is 17.1 Å². The third-order valence-electron chi connectivity index (χ3n) is 2.71. The first-order chi connectivity index (χ1) is 9.99. The standard InChI is InChI=1S/C14H15N3O4/c1-9-11(14(19)20-3)8-10(21-9)4-5-13(18)15-12-6-7-17(2)16-12/h4-8H,1-3H3,(H,15,16,18)/b5-4+. The molecule has 2 rings (SSSR count). The molecule has 0 radical (unpaired) electrons. The molecule has 2 aromatic heterocycles. The molecule has 0 spiro atoms. The predicted octanol–water partition coefficient (Wildman–Crippen LogP) is 1.76. The summed E-state index contributed by atoms with van der Waals surface area (Å²) in [6.45, 7) is 1.65. The van der Waals surface area contributed by atoms with Gasteiger partial charge in [-0.1, -0.05) is 0 Å². The lowest BCUT2D eigenvalue weighted by molar-refractivity contribution is -0.111. The van der Waals surface area contributed by atoms with E-state index in [1.807, 2.05) is 0 Å². The zero-order valence-electron chi connectivity index (χ0n) is 11.9. The fourth-order valence-electron chi connectivity index (χ4n) is 1.71. The Hall–Kier alpha value is -2.83. The van der Waals surface area contributed by atoms with E-state index in [2.05, 4.69) is 15.2 Å². The average Bonchev–Trinajstić information content (AvgIpc) is 3.02. The Bertz CT molecular complexity index is 697. The molecule has 0 saturated heterocycles. The van der Waals surface area contributed by atoms with Gasteiger partial charge in [-0.25, -0.2) is 4.79 Å². The summed E-state index contributed by atoms with van der Waals surface area (Å²) in [6, 6.07) is 3.20. The Morgan fingerprint density at radius 2 is 2.24 bits per heavy atom. The summed E-state index contributed by atoms with van der Waals surface area (Å²) >= 11 is 0. The van der Waals surface area contributed by atoms with Gasteiger partial charge in [0.05, 0.1) is 7.11 Å². The lowest BCUT2D eigenvalue weighted by Gasteiger charge is -1.95. The topological polar surface area (TPSA) is 86.4 Å². The number of esters is 1. The molecule has 0 fully saturated rings. The Labute approximate surface area is 121 Å². The van der Waals surface area contributed by atoms with Crippen LogP contribution in [0.2, 0.25) is 0 Å². The normalized spacial score (nSPS) is 10.8. The van der Waals surface area contributed by atoms with Crippen molar-refractivity contribution in [1.82, 2.24) is 9.78 Å². The summed E-state index contributed by atoms with van der Waals surface area (Å²) in [7, 11) is 3.05. The van der Waals surface area contributed by atoms with Crippen molar-refractivity contribution in [2.75, 3.05) is 12.4 Å². The molecule has 2 heterocycles. The highest BCUT2D eigenvalue weighted by atomic mass is 16.5. The maximum atomic E-state index is 11.7. The molecule has 7 nitrogen and oxygen atoms in total. The second-order valence-corrected chi connectivity index (χ2v) is 4.31. The fourth-order valence-corrected chi connectivity index (χ4v) is 1.71. The van der Waals surface area contributed by atoms with Crippen LogP contribution in [-0.2, 0) is 16.6 Å². The lowest BCUT2D eigenvalue weighted by atomic mass is 10.2. The number of anilines is 1. The van der Waals surface area contributed by atoms with E-state index >= 15 is 0 Å². The summed E-state index contributed by atoms with van der Waals surface area (Å²) in [4.78, 5) is 23.1. The largest absolute Gasteiger partial charge is 0.465 e. The maximum Gasteiger partial charge on any atom is 0.341 e. The van der Waals surface area contributed by atoms with Gasteiger partial charge in [0.25, 0.3) is 0 Å². The van der Waals surface area contributed by atoms with Crippen LogP contribution in [0.25, 0.3) is 6.08 Å². The Morgan fingerprint density at radius 3 is 2.86 bits per heavy atom. The summed E-state index contributed by atoms with van der Waals surface area (Å²) in [5, 5.41) is 6.62. The molecule has 0 bridgehead atoms. The van der Waals surface area contributed by atoms with Crippen molar-refractivity contribution in [1.29, 1.82) is 0 Å². The molecule has 0 aliphatic heterocycles. The molecule has 21 heavy (non-hydrogen) atoms. The monoisotopic (exact) mass is 289 g/mol. The Morgan fingerprint density at radius 1 is 1.48 bits per heavy atom. The van der Waals surface area contributed by atoms with E-state index in [4.69, 9.17) is 4.42 Å². The molecule has 0 saturated carbocycles. The van der Waals surface area contributed by atoms with Crippen molar-refractivity contribution < 1.29 is 18.7 Å². The van der Waals surface area contributed by atoms with Crippen LogP contribution in [0.15, 0.2) is 28.8 Å². The fraction of sp³-hybridized carbons (Fsp3) is 0.214. The number of aromatic nitrogens is 2. The van der Waals surface area contributed by atoms with Crippen molar-refractivity contribution in [3.8, 4) is 0 Å². The lowest BCUT2D eigenvalue weighted by Crippen LogP contribution is -2.08. The number of nitrogens with zero attached hydrogens (tertiary/aromatic N) is 2. The van der Waals surface area contributed by atoms with Crippen LogP contribution in [0.5, 0.6) is 0 Å². The highest BCUT2D eigenvalue weighted by Gasteiger charge is 2.14. The van der Waals surface area contributed by atoms with Crippen molar-refractivity contribution in [3.05, 3.63) is 41.5 Å². The van der Waals surface area contributed by atoms with Crippen LogP contribution in [0.4, 0.5) is 5.82 Å². The Balaban J connectivity index is 2.03. The molecule has 1 N–H and O–H groups in total. The van der Waals surface area contributed by atoms with Gasteiger partial charge in [0.15, 0.2) is 5.82 Å². The summed E-state index contributed by atoms with van der Waals surface area (Å²) in [6.07, 6.45) is 4.49. The van der Waals surface area contributed by atoms with E-state index in [0.717, 1.165) is 0 Å². The van der Waals surface area contributed by atoms with Gasteiger partial charge in [-0.2, -0.15) is 5.10 Å². The first kappa shape index (κ1) is 14.6. The van der Waals surface area contributed by atoms with Crippen LogP contribution in [0.1, 0.15) is 21.9 Å². The van der Waals surface area contributed by atoms with Crippen molar-refractivity contribution in [2.24, 2.45) is 7.05 Å². The smallest absolute Gasteiger partial charge is 0.341 e. The van der Waals surface area contributed by atoms with Crippen LogP contribution in [0.3, 0.4) is 0 Å². The third kappa shape index (κ3) is 3.59. The molecule has 0 unspecified atom stereocenters. The number of hydrogen-bond acceptors (Lipinski definition) is 5.